The van der Waals surface area contributed by atoms with E-state index in [2.05, 4.69) is 23.6 Å². The van der Waals surface area contributed by atoms with Gasteiger partial charge in [-0.1, -0.05) is 111 Å². The number of likely N-dealkylation sites (N-methyl/N-ethyl adjacent to an activating group) is 1. The molecule has 11 nitrogen and oxygen atoms in total. The molecule has 1 amide bonds. The number of hydrogen-bond donors (Lipinski definition) is 3. The molecular formula is C40H74N4O7. The third kappa shape index (κ3) is 17.0. The zero-order chi connectivity index (χ0) is 37.5. The van der Waals surface area contributed by atoms with Crippen LogP contribution in [0.3, 0.4) is 0 Å². The number of carbonyl (C=O) groups excluding carboxylic acids is 1. The van der Waals surface area contributed by atoms with Gasteiger partial charge in [0.2, 0.25) is 5.91 Å². The Morgan fingerprint density at radius 1 is 0.588 bits per heavy atom. The number of rotatable bonds is 28. The number of carbonyl (C=O) groups is 4. The lowest BCUT2D eigenvalue weighted by atomic mass is 9.69. The number of nitrogens with zero attached hydrogens (tertiary/aromatic N) is 4. The van der Waals surface area contributed by atoms with Gasteiger partial charge in [-0.3, -0.25) is 29.0 Å². The highest BCUT2D eigenvalue weighted by Gasteiger charge is 2.50. The normalized spacial score (nSPS) is 21.8. The number of aliphatic carboxylic acids is 3. The molecule has 2 rings (SSSR count). The van der Waals surface area contributed by atoms with Gasteiger partial charge in [0, 0.05) is 45.2 Å². The summed E-state index contributed by atoms with van der Waals surface area (Å²) in [5.74, 6) is -3.10. The minimum atomic E-state index is -1.10. The fourth-order valence-electron chi connectivity index (χ4n) is 8.62. The molecule has 0 aromatic rings. The molecular weight excluding hydrogens is 648 g/mol. The van der Waals surface area contributed by atoms with E-state index in [1.165, 1.54) is 77.0 Å². The first-order chi connectivity index (χ1) is 24.6. The smallest absolute Gasteiger partial charge is 0.317 e. The molecule has 2 fully saturated rings. The molecule has 0 bridgehead atoms. The number of carboxylic acid groups (broad SMARTS) is 3. The van der Waals surface area contributed by atoms with Crippen LogP contribution in [0.1, 0.15) is 149 Å². The Kier molecular flexibility index (Phi) is 22.6. The monoisotopic (exact) mass is 723 g/mol. The van der Waals surface area contributed by atoms with Crippen molar-refractivity contribution in [2.75, 3.05) is 65.4 Å². The summed E-state index contributed by atoms with van der Waals surface area (Å²) in [5, 5.41) is 29.6. The molecule has 1 aliphatic heterocycles. The van der Waals surface area contributed by atoms with Crippen LogP contribution >= 0.6 is 0 Å². The van der Waals surface area contributed by atoms with Gasteiger partial charge in [0.15, 0.2) is 0 Å². The summed E-state index contributed by atoms with van der Waals surface area (Å²) in [6.45, 7) is 9.62. The highest BCUT2D eigenvalue weighted by atomic mass is 16.4. The molecule has 1 unspecified atom stereocenters. The molecule has 1 saturated heterocycles. The van der Waals surface area contributed by atoms with Crippen LogP contribution in [-0.4, -0.2) is 130 Å². The SMILES string of the molecule is CCCCCCCCCCN(CCCCCCCCCC)C(=O)C1CCC(C2(N(CC(=O)O)CC(=O)O)CN(CC)CCN(CC(=O)O)C2)CC1. The standard InChI is InChI=1S/C40H74N4O7/c1-4-7-9-11-13-15-17-19-25-43(26-20-18-16-14-12-10-8-5-2)39(51)34-21-23-35(24-22-34)40(44(30-37(47)48)31-38(49)50)32-41(6-3)27-28-42(33-40)29-36(45)46/h34-35H,4-33H2,1-3H3,(H,45,46)(H,47,48)(H,49,50). The molecule has 51 heavy (non-hydrogen) atoms. The maximum atomic E-state index is 14.2. The zero-order valence-corrected chi connectivity index (χ0v) is 32.6. The van der Waals surface area contributed by atoms with Crippen LogP contribution in [-0.2, 0) is 19.2 Å². The minimum Gasteiger partial charge on any atom is -0.480 e. The van der Waals surface area contributed by atoms with E-state index >= 15 is 0 Å². The van der Waals surface area contributed by atoms with Crippen LogP contribution in [0, 0.1) is 11.8 Å². The Balaban J connectivity index is 2.18. The van der Waals surface area contributed by atoms with E-state index in [-0.39, 0.29) is 30.8 Å². The Labute approximate surface area is 309 Å². The van der Waals surface area contributed by atoms with Crippen molar-refractivity contribution in [2.24, 2.45) is 11.8 Å². The maximum absolute atomic E-state index is 14.2. The van der Waals surface area contributed by atoms with Gasteiger partial charge in [-0.2, -0.15) is 0 Å². The van der Waals surface area contributed by atoms with E-state index < -0.39 is 36.5 Å². The molecule has 0 spiro atoms. The Hall–Kier alpha value is -2.24. The van der Waals surface area contributed by atoms with Gasteiger partial charge in [-0.25, -0.2) is 0 Å². The molecule has 0 aromatic carbocycles. The Bertz CT molecular complexity index is 969. The summed E-state index contributed by atoms with van der Waals surface area (Å²) in [5.41, 5.74) is -0.874. The van der Waals surface area contributed by atoms with Crippen molar-refractivity contribution in [1.82, 2.24) is 19.6 Å². The van der Waals surface area contributed by atoms with Crippen LogP contribution in [0.4, 0.5) is 0 Å². The lowest BCUT2D eigenvalue weighted by molar-refractivity contribution is -0.149. The Morgan fingerprint density at radius 2 is 1.02 bits per heavy atom. The summed E-state index contributed by atoms with van der Waals surface area (Å²) in [6.07, 6.45) is 22.3. The highest BCUT2D eigenvalue weighted by molar-refractivity contribution is 5.79. The second-order valence-electron chi connectivity index (χ2n) is 15.5. The summed E-state index contributed by atoms with van der Waals surface area (Å²) < 4.78 is 0. The first kappa shape index (κ1) is 44.9. The molecule has 1 heterocycles. The van der Waals surface area contributed by atoms with E-state index in [1.54, 1.807) is 4.90 Å². The van der Waals surface area contributed by atoms with Gasteiger partial charge in [-0.15, -0.1) is 0 Å². The molecule has 0 radical (unpaired) electrons. The zero-order valence-electron chi connectivity index (χ0n) is 32.6. The number of carboxylic acids is 3. The lowest BCUT2D eigenvalue weighted by Gasteiger charge is -2.52. The molecule has 1 saturated carbocycles. The van der Waals surface area contributed by atoms with Crippen LogP contribution < -0.4 is 0 Å². The third-order valence-electron chi connectivity index (χ3n) is 11.5. The lowest BCUT2D eigenvalue weighted by Crippen LogP contribution is -2.66. The van der Waals surface area contributed by atoms with Gasteiger partial charge < -0.3 is 25.1 Å². The fraction of sp³-hybridized carbons (Fsp3) is 0.900. The van der Waals surface area contributed by atoms with Gasteiger partial charge in [0.05, 0.1) is 25.2 Å². The van der Waals surface area contributed by atoms with Gasteiger partial charge in [0.25, 0.3) is 0 Å². The van der Waals surface area contributed by atoms with Crippen molar-refractivity contribution in [3.63, 3.8) is 0 Å². The third-order valence-corrected chi connectivity index (χ3v) is 11.5. The molecule has 296 valence electrons. The summed E-state index contributed by atoms with van der Waals surface area (Å²) in [7, 11) is 0. The summed E-state index contributed by atoms with van der Waals surface area (Å²) in [6, 6.07) is 0. The molecule has 1 atom stereocenters. The van der Waals surface area contributed by atoms with Crippen LogP contribution in [0.25, 0.3) is 0 Å². The molecule has 3 N–H and O–H groups in total. The van der Waals surface area contributed by atoms with E-state index in [0.717, 1.165) is 38.8 Å². The summed E-state index contributed by atoms with van der Waals surface area (Å²) >= 11 is 0. The second kappa shape index (κ2) is 25.7. The van der Waals surface area contributed by atoms with Crippen LogP contribution in [0.15, 0.2) is 0 Å². The second-order valence-corrected chi connectivity index (χ2v) is 15.5. The average Bonchev–Trinajstić information content (AvgIpc) is 3.28. The first-order valence-electron chi connectivity index (χ1n) is 20.7. The predicted molar refractivity (Wildman–Crippen MR) is 203 cm³/mol. The van der Waals surface area contributed by atoms with Crippen molar-refractivity contribution in [1.29, 1.82) is 0 Å². The largest absolute Gasteiger partial charge is 0.480 e. The van der Waals surface area contributed by atoms with Gasteiger partial charge in [0.1, 0.15) is 0 Å². The molecule has 2 aliphatic rings. The maximum Gasteiger partial charge on any atom is 0.317 e. The van der Waals surface area contributed by atoms with Crippen molar-refractivity contribution in [2.45, 2.75) is 155 Å². The quantitative estimate of drug-likeness (QED) is 0.0736. The predicted octanol–water partition coefficient (Wildman–Crippen LogP) is 6.83. The van der Waals surface area contributed by atoms with Gasteiger partial charge >= 0.3 is 17.9 Å². The molecule has 11 heteroatoms. The number of amides is 1. The summed E-state index contributed by atoms with van der Waals surface area (Å²) in [4.78, 5) is 58.1. The van der Waals surface area contributed by atoms with Crippen molar-refractivity contribution in [3.8, 4) is 0 Å². The average molecular weight is 723 g/mol. The number of hydrogen-bond acceptors (Lipinski definition) is 7. The Morgan fingerprint density at radius 3 is 1.45 bits per heavy atom. The molecule has 1 aliphatic carbocycles. The van der Waals surface area contributed by atoms with Gasteiger partial charge in [-0.05, 0) is 51.0 Å². The molecule has 0 aromatic heterocycles. The van der Waals surface area contributed by atoms with Crippen molar-refractivity contribution in [3.05, 3.63) is 0 Å². The highest BCUT2D eigenvalue weighted by Crippen LogP contribution is 2.41. The van der Waals surface area contributed by atoms with E-state index in [4.69, 9.17) is 0 Å². The van der Waals surface area contributed by atoms with Crippen molar-refractivity contribution >= 4 is 23.8 Å². The van der Waals surface area contributed by atoms with Crippen molar-refractivity contribution < 1.29 is 34.5 Å². The van der Waals surface area contributed by atoms with Crippen LogP contribution in [0.5, 0.6) is 0 Å². The minimum absolute atomic E-state index is 0.0717. The first-order valence-corrected chi connectivity index (χ1v) is 20.7. The number of unbranched alkanes of at least 4 members (excludes halogenated alkanes) is 14. The van der Waals surface area contributed by atoms with E-state index in [1.807, 2.05) is 11.8 Å². The van der Waals surface area contributed by atoms with Crippen LogP contribution in [0.2, 0.25) is 0 Å². The van der Waals surface area contributed by atoms with E-state index in [9.17, 15) is 34.5 Å². The topological polar surface area (TPSA) is 142 Å². The fourth-order valence-corrected chi connectivity index (χ4v) is 8.62. The van der Waals surface area contributed by atoms with E-state index in [0.29, 0.717) is 51.9 Å².